The zero-order valence-corrected chi connectivity index (χ0v) is 11.3. The van der Waals surface area contributed by atoms with E-state index in [1.54, 1.807) is 6.26 Å². The summed E-state index contributed by atoms with van der Waals surface area (Å²) in [5, 5.41) is 35.7. The van der Waals surface area contributed by atoms with Crippen molar-refractivity contribution in [2.75, 3.05) is 18.6 Å². The Hall–Kier alpha value is -1.69. The van der Waals surface area contributed by atoms with Crippen LogP contribution in [0.5, 0.6) is 0 Å². The number of nitrogen functional groups attached to an aromatic ring is 1. The van der Waals surface area contributed by atoms with Crippen LogP contribution in [0.15, 0.2) is 4.79 Å². The number of fused-ring (bicyclic) bond motifs is 1. The lowest BCUT2D eigenvalue weighted by molar-refractivity contribution is -0.0404. The Morgan fingerprint density at radius 1 is 1.50 bits per heavy atom. The van der Waals surface area contributed by atoms with E-state index in [0.29, 0.717) is 0 Å². The van der Waals surface area contributed by atoms with Gasteiger partial charge in [0.15, 0.2) is 17.4 Å². The van der Waals surface area contributed by atoms with E-state index >= 15 is 0 Å². The molecule has 0 fully saturated rings. The van der Waals surface area contributed by atoms with Gasteiger partial charge in [0.25, 0.3) is 5.56 Å². The van der Waals surface area contributed by atoms with Gasteiger partial charge in [0.2, 0.25) is 5.95 Å². The van der Waals surface area contributed by atoms with Crippen LogP contribution in [0.3, 0.4) is 0 Å². The second kappa shape index (κ2) is 5.75. The Morgan fingerprint density at radius 2 is 2.20 bits per heavy atom. The highest BCUT2D eigenvalue weighted by Gasteiger charge is 2.29. The third kappa shape index (κ3) is 2.47. The smallest absolute Gasteiger partial charge is 0.282 e. The topological polar surface area (TPSA) is 163 Å². The fourth-order valence-electron chi connectivity index (χ4n) is 1.69. The van der Waals surface area contributed by atoms with Gasteiger partial charge in [-0.15, -0.1) is 5.10 Å². The third-order valence-electron chi connectivity index (χ3n) is 2.77. The standard InChI is InChI=1S/C9H14N6O4S/c1-20-3(2-16)5(17)8(19)15-6-4(13-14-15)7(18)12-9(10)11-6/h3,5,8,16-17,19H,2H2,1H3,(H3,10,11,12,18)/t3-,5-,8-/m1/s1. The summed E-state index contributed by atoms with van der Waals surface area (Å²) in [6, 6.07) is 0. The van der Waals surface area contributed by atoms with Crippen LogP contribution in [0.2, 0.25) is 0 Å². The number of H-pyrrole nitrogens is 1. The minimum Gasteiger partial charge on any atom is -0.395 e. The van der Waals surface area contributed by atoms with Gasteiger partial charge in [0.05, 0.1) is 11.9 Å². The minimum absolute atomic E-state index is 0.0457. The van der Waals surface area contributed by atoms with Crippen LogP contribution in [0.1, 0.15) is 6.23 Å². The van der Waals surface area contributed by atoms with Crippen LogP contribution >= 0.6 is 11.8 Å². The van der Waals surface area contributed by atoms with Crippen LogP contribution in [0.4, 0.5) is 5.95 Å². The summed E-state index contributed by atoms with van der Waals surface area (Å²) in [5.74, 6) is -0.156. The fraction of sp³-hybridized carbons (Fsp3) is 0.556. The second-order valence-electron chi connectivity index (χ2n) is 4.02. The van der Waals surface area contributed by atoms with E-state index in [1.807, 2.05) is 0 Å². The summed E-state index contributed by atoms with van der Waals surface area (Å²) in [6.07, 6.45) is -1.16. The largest absolute Gasteiger partial charge is 0.395 e. The molecule has 0 amide bonds. The summed E-state index contributed by atoms with van der Waals surface area (Å²) in [5.41, 5.74) is 4.68. The van der Waals surface area contributed by atoms with Gasteiger partial charge in [0, 0.05) is 0 Å². The predicted molar refractivity (Wildman–Crippen MR) is 72.0 cm³/mol. The lowest BCUT2D eigenvalue weighted by Crippen LogP contribution is -2.36. The number of hydrogen-bond donors (Lipinski definition) is 5. The SMILES string of the molecule is CS[C@H](CO)[C@@H](O)[C@@H](O)n1nnc2c(=O)[nH]c(N)nc21. The van der Waals surface area contributed by atoms with Crippen molar-refractivity contribution in [3.05, 3.63) is 10.4 Å². The van der Waals surface area contributed by atoms with Gasteiger partial charge in [0.1, 0.15) is 6.10 Å². The number of aromatic amines is 1. The average molecular weight is 302 g/mol. The summed E-state index contributed by atoms with van der Waals surface area (Å²) >= 11 is 1.18. The molecule has 2 rings (SSSR count). The first-order valence-electron chi connectivity index (χ1n) is 5.60. The summed E-state index contributed by atoms with van der Waals surface area (Å²) in [6.45, 7) is -0.331. The average Bonchev–Trinajstić information content (AvgIpc) is 2.83. The Balaban J connectivity index is 2.45. The molecule has 0 saturated carbocycles. The van der Waals surface area contributed by atoms with Crippen molar-refractivity contribution < 1.29 is 15.3 Å². The van der Waals surface area contributed by atoms with Crippen molar-refractivity contribution in [1.82, 2.24) is 25.0 Å². The molecule has 0 bridgehead atoms. The molecule has 0 aliphatic rings. The number of thioether (sulfide) groups is 1. The van der Waals surface area contributed by atoms with Crippen LogP contribution in [-0.4, -0.2) is 64.5 Å². The van der Waals surface area contributed by atoms with Crippen molar-refractivity contribution in [1.29, 1.82) is 0 Å². The molecular weight excluding hydrogens is 288 g/mol. The lowest BCUT2D eigenvalue weighted by Gasteiger charge is -2.23. The number of hydrogen-bond acceptors (Lipinski definition) is 9. The summed E-state index contributed by atoms with van der Waals surface area (Å²) in [7, 11) is 0. The van der Waals surface area contributed by atoms with Crippen molar-refractivity contribution in [3.8, 4) is 0 Å². The van der Waals surface area contributed by atoms with Crippen LogP contribution < -0.4 is 11.3 Å². The Bertz CT molecular complexity index is 653. The van der Waals surface area contributed by atoms with Gasteiger partial charge < -0.3 is 21.1 Å². The Labute approximate surface area is 116 Å². The first kappa shape index (κ1) is 14.7. The summed E-state index contributed by atoms with van der Waals surface area (Å²) in [4.78, 5) is 17.6. The molecule has 0 spiro atoms. The molecule has 0 unspecified atom stereocenters. The fourth-order valence-corrected chi connectivity index (χ4v) is 2.26. The number of rotatable bonds is 5. The molecular formula is C9H14N6O4S. The molecule has 110 valence electrons. The highest BCUT2D eigenvalue weighted by atomic mass is 32.2. The monoisotopic (exact) mass is 302 g/mol. The molecule has 0 aliphatic heterocycles. The number of anilines is 1. The van der Waals surface area contributed by atoms with Crippen LogP contribution in [-0.2, 0) is 0 Å². The number of nitrogens with zero attached hydrogens (tertiary/aromatic N) is 4. The van der Waals surface area contributed by atoms with E-state index in [1.165, 1.54) is 11.8 Å². The van der Waals surface area contributed by atoms with Gasteiger partial charge in [-0.2, -0.15) is 21.4 Å². The van der Waals surface area contributed by atoms with Crippen LogP contribution in [0, 0.1) is 0 Å². The molecule has 3 atom stereocenters. The normalized spacial score (nSPS) is 16.2. The molecule has 0 radical (unpaired) electrons. The molecule has 6 N–H and O–H groups in total. The zero-order chi connectivity index (χ0) is 14.9. The van der Waals surface area contributed by atoms with Crippen molar-refractivity contribution in [3.63, 3.8) is 0 Å². The molecule has 0 saturated heterocycles. The molecule has 10 nitrogen and oxygen atoms in total. The van der Waals surface area contributed by atoms with Crippen molar-refractivity contribution in [2.24, 2.45) is 0 Å². The van der Waals surface area contributed by atoms with E-state index in [2.05, 4.69) is 20.3 Å². The van der Waals surface area contributed by atoms with E-state index < -0.39 is 23.1 Å². The van der Waals surface area contributed by atoms with E-state index in [0.717, 1.165) is 4.68 Å². The van der Waals surface area contributed by atoms with Gasteiger partial charge in [-0.3, -0.25) is 9.78 Å². The van der Waals surface area contributed by atoms with E-state index in [9.17, 15) is 15.0 Å². The first-order chi connectivity index (χ1) is 9.49. The molecule has 11 heteroatoms. The van der Waals surface area contributed by atoms with E-state index in [-0.39, 0.29) is 23.7 Å². The quantitative estimate of drug-likeness (QED) is 0.407. The van der Waals surface area contributed by atoms with Gasteiger partial charge in [-0.25, -0.2) is 0 Å². The number of nitrogens with one attached hydrogen (secondary N) is 1. The lowest BCUT2D eigenvalue weighted by atomic mass is 10.2. The molecule has 2 aromatic heterocycles. The zero-order valence-electron chi connectivity index (χ0n) is 10.5. The third-order valence-corrected chi connectivity index (χ3v) is 3.81. The molecule has 0 aliphatic carbocycles. The van der Waals surface area contributed by atoms with E-state index in [4.69, 9.17) is 10.8 Å². The van der Waals surface area contributed by atoms with Gasteiger partial charge >= 0.3 is 0 Å². The van der Waals surface area contributed by atoms with Crippen molar-refractivity contribution >= 4 is 28.9 Å². The number of aliphatic hydroxyl groups excluding tert-OH is 3. The molecule has 20 heavy (non-hydrogen) atoms. The maximum Gasteiger partial charge on any atom is 0.282 e. The molecule has 0 aromatic carbocycles. The maximum atomic E-state index is 11.6. The summed E-state index contributed by atoms with van der Waals surface area (Å²) < 4.78 is 0.893. The van der Waals surface area contributed by atoms with Crippen molar-refractivity contribution in [2.45, 2.75) is 17.6 Å². The number of nitrogens with two attached hydrogens (primary N) is 1. The first-order valence-corrected chi connectivity index (χ1v) is 6.88. The Kier molecular flexibility index (Phi) is 4.23. The highest BCUT2D eigenvalue weighted by molar-refractivity contribution is 7.99. The molecule has 2 heterocycles. The van der Waals surface area contributed by atoms with Crippen LogP contribution in [0.25, 0.3) is 11.2 Å². The Morgan fingerprint density at radius 3 is 2.80 bits per heavy atom. The second-order valence-corrected chi connectivity index (χ2v) is 5.10. The predicted octanol–water partition coefficient (Wildman–Crippen LogP) is -2.33. The highest BCUT2D eigenvalue weighted by Crippen LogP contribution is 2.21. The minimum atomic E-state index is -1.52. The molecule has 2 aromatic rings. The number of aliphatic hydroxyl groups is 3. The van der Waals surface area contributed by atoms with Gasteiger partial charge in [-0.1, -0.05) is 5.21 Å². The maximum absolute atomic E-state index is 11.6. The van der Waals surface area contributed by atoms with Gasteiger partial charge in [-0.05, 0) is 6.26 Å². The number of aromatic nitrogens is 5.